The lowest BCUT2D eigenvalue weighted by atomic mass is 10.1. The molecule has 0 radical (unpaired) electrons. The minimum atomic E-state index is 1.09. The Balaban J connectivity index is 1.87. The first-order valence-electron chi connectivity index (χ1n) is 5.52. The summed E-state index contributed by atoms with van der Waals surface area (Å²) in [5.74, 6) is 1.12. The number of nitrogens with one attached hydrogen (secondary N) is 1. The van der Waals surface area contributed by atoms with Crippen LogP contribution in [0.5, 0.6) is 0 Å². The van der Waals surface area contributed by atoms with Crippen molar-refractivity contribution in [2.75, 3.05) is 0 Å². The Morgan fingerprint density at radius 3 is 2.71 bits per heavy atom. The quantitative estimate of drug-likeness (QED) is 0.496. The zero-order chi connectivity index (χ0) is 10.1. The van der Waals surface area contributed by atoms with Crippen LogP contribution in [0, 0.1) is 0 Å². The topological polar surface area (TPSA) is 28.7 Å². The van der Waals surface area contributed by atoms with Crippen LogP contribution in [-0.4, -0.2) is 9.97 Å². The third-order valence-electron chi connectivity index (χ3n) is 2.38. The highest BCUT2D eigenvalue weighted by Gasteiger charge is 1.94. The summed E-state index contributed by atoms with van der Waals surface area (Å²) < 4.78 is 0. The van der Waals surface area contributed by atoms with E-state index in [0.717, 1.165) is 18.7 Å². The van der Waals surface area contributed by atoms with Crippen LogP contribution in [-0.2, 0) is 6.42 Å². The molecule has 14 heavy (non-hydrogen) atoms. The molecule has 0 aliphatic rings. The largest absolute Gasteiger partial charge is 0.349 e. The first kappa shape index (κ1) is 11.0. The van der Waals surface area contributed by atoms with Gasteiger partial charge in [0.1, 0.15) is 5.82 Å². The summed E-state index contributed by atoms with van der Waals surface area (Å²) in [5.41, 5.74) is 0. The molecule has 1 N–H and O–H groups in total. The van der Waals surface area contributed by atoms with Crippen molar-refractivity contribution in [1.29, 1.82) is 0 Å². The van der Waals surface area contributed by atoms with Crippen LogP contribution < -0.4 is 0 Å². The Morgan fingerprint density at radius 1 is 1.21 bits per heavy atom. The van der Waals surface area contributed by atoms with E-state index in [0.29, 0.717) is 0 Å². The highest BCUT2D eigenvalue weighted by atomic mass is 14.9. The molecular formula is C12H20N2. The zero-order valence-electron chi connectivity index (χ0n) is 8.84. The van der Waals surface area contributed by atoms with E-state index in [2.05, 4.69) is 16.5 Å². The predicted octanol–water partition coefficient (Wildman–Crippen LogP) is 3.48. The molecule has 0 bridgehead atoms. The van der Waals surface area contributed by atoms with Crippen molar-refractivity contribution in [1.82, 2.24) is 9.97 Å². The van der Waals surface area contributed by atoms with E-state index in [1.54, 1.807) is 0 Å². The fraction of sp³-hybridized carbons (Fsp3) is 0.583. The molecule has 0 fully saturated rings. The van der Waals surface area contributed by atoms with Crippen LogP contribution >= 0.6 is 0 Å². The molecule has 78 valence electrons. The summed E-state index contributed by atoms with van der Waals surface area (Å²) in [6, 6.07) is 0. The van der Waals surface area contributed by atoms with Gasteiger partial charge in [-0.3, -0.25) is 0 Å². The van der Waals surface area contributed by atoms with E-state index in [-0.39, 0.29) is 0 Å². The van der Waals surface area contributed by atoms with Crippen molar-refractivity contribution in [3.05, 3.63) is 30.9 Å². The summed E-state index contributed by atoms with van der Waals surface area (Å²) in [5, 5.41) is 0. The molecular weight excluding hydrogens is 172 g/mol. The number of unbranched alkanes of at least 4 members (excludes halogenated alkanes) is 5. The first-order valence-corrected chi connectivity index (χ1v) is 5.52. The van der Waals surface area contributed by atoms with E-state index in [4.69, 9.17) is 0 Å². The molecule has 0 saturated heterocycles. The maximum absolute atomic E-state index is 4.19. The maximum Gasteiger partial charge on any atom is 0.105 e. The average Bonchev–Trinajstić information content (AvgIpc) is 2.69. The molecule has 2 nitrogen and oxygen atoms in total. The smallest absolute Gasteiger partial charge is 0.105 e. The monoisotopic (exact) mass is 192 g/mol. The summed E-state index contributed by atoms with van der Waals surface area (Å²) in [6.07, 6.45) is 14.5. The average molecular weight is 192 g/mol. The number of nitrogens with zero attached hydrogens (tertiary/aromatic N) is 1. The third kappa shape index (κ3) is 4.85. The van der Waals surface area contributed by atoms with Gasteiger partial charge in [0.15, 0.2) is 0 Å². The van der Waals surface area contributed by atoms with Gasteiger partial charge < -0.3 is 4.98 Å². The lowest BCUT2D eigenvalue weighted by Crippen LogP contribution is -1.88. The molecule has 2 heteroatoms. The summed E-state index contributed by atoms with van der Waals surface area (Å²) in [7, 11) is 0. The molecule has 0 aromatic carbocycles. The van der Waals surface area contributed by atoms with Crippen LogP contribution in [0.3, 0.4) is 0 Å². The third-order valence-corrected chi connectivity index (χ3v) is 2.38. The van der Waals surface area contributed by atoms with Gasteiger partial charge in [0, 0.05) is 18.8 Å². The first-order chi connectivity index (χ1) is 6.93. The number of H-pyrrole nitrogens is 1. The van der Waals surface area contributed by atoms with Crippen molar-refractivity contribution in [3.8, 4) is 0 Å². The lowest BCUT2D eigenvalue weighted by molar-refractivity contribution is 0.611. The van der Waals surface area contributed by atoms with E-state index >= 15 is 0 Å². The van der Waals surface area contributed by atoms with Crippen molar-refractivity contribution in [2.24, 2.45) is 0 Å². The Bertz CT molecular complexity index is 226. The zero-order valence-corrected chi connectivity index (χ0v) is 8.84. The minimum Gasteiger partial charge on any atom is -0.349 e. The summed E-state index contributed by atoms with van der Waals surface area (Å²) in [4.78, 5) is 7.32. The van der Waals surface area contributed by atoms with E-state index in [1.165, 1.54) is 32.1 Å². The number of rotatable bonds is 8. The van der Waals surface area contributed by atoms with Crippen LogP contribution in [0.4, 0.5) is 0 Å². The molecule has 0 saturated carbocycles. The predicted molar refractivity (Wildman–Crippen MR) is 60.2 cm³/mol. The van der Waals surface area contributed by atoms with Gasteiger partial charge in [0.2, 0.25) is 0 Å². The number of hydrogen-bond acceptors (Lipinski definition) is 1. The number of aromatic nitrogens is 2. The molecule has 1 aromatic rings. The van der Waals surface area contributed by atoms with Gasteiger partial charge in [-0.2, -0.15) is 0 Å². The van der Waals surface area contributed by atoms with E-state index in [1.807, 2.05) is 18.5 Å². The molecule has 0 unspecified atom stereocenters. The van der Waals surface area contributed by atoms with Gasteiger partial charge in [-0.25, -0.2) is 4.98 Å². The highest BCUT2D eigenvalue weighted by Crippen LogP contribution is 2.07. The molecule has 0 aliphatic heterocycles. The van der Waals surface area contributed by atoms with Gasteiger partial charge in [0.05, 0.1) is 0 Å². The molecule has 0 aliphatic carbocycles. The normalized spacial score (nSPS) is 10.3. The van der Waals surface area contributed by atoms with Gasteiger partial charge in [0.25, 0.3) is 0 Å². The molecule has 0 amide bonds. The minimum absolute atomic E-state index is 1.09. The second-order valence-corrected chi connectivity index (χ2v) is 3.63. The standard InChI is InChI=1S/C12H20N2/c1-2-3-4-5-6-7-8-9-12-13-10-11-14-12/h2,10-11H,1,3-9H2,(H,13,14). The second-order valence-electron chi connectivity index (χ2n) is 3.63. The Morgan fingerprint density at radius 2 is 2.00 bits per heavy atom. The van der Waals surface area contributed by atoms with Crippen LogP contribution in [0.1, 0.15) is 44.3 Å². The molecule has 0 atom stereocenters. The lowest BCUT2D eigenvalue weighted by Gasteiger charge is -1.98. The van der Waals surface area contributed by atoms with E-state index in [9.17, 15) is 0 Å². The number of imidazole rings is 1. The van der Waals surface area contributed by atoms with Crippen LogP contribution in [0.15, 0.2) is 25.0 Å². The summed E-state index contributed by atoms with van der Waals surface area (Å²) >= 11 is 0. The molecule has 1 heterocycles. The Kier molecular flexibility index (Phi) is 5.80. The Hall–Kier alpha value is -1.05. The molecule has 1 aromatic heterocycles. The number of aromatic amines is 1. The van der Waals surface area contributed by atoms with Gasteiger partial charge in [-0.15, -0.1) is 6.58 Å². The van der Waals surface area contributed by atoms with Crippen LogP contribution in [0.2, 0.25) is 0 Å². The number of aryl methyl sites for hydroxylation is 1. The van der Waals surface area contributed by atoms with Gasteiger partial charge in [-0.1, -0.05) is 25.3 Å². The number of hydrogen-bond donors (Lipinski definition) is 1. The number of allylic oxidation sites excluding steroid dienone is 1. The van der Waals surface area contributed by atoms with Crippen molar-refractivity contribution < 1.29 is 0 Å². The maximum atomic E-state index is 4.19. The van der Waals surface area contributed by atoms with Gasteiger partial charge in [-0.05, 0) is 19.3 Å². The van der Waals surface area contributed by atoms with Crippen molar-refractivity contribution >= 4 is 0 Å². The summed E-state index contributed by atoms with van der Waals surface area (Å²) in [6.45, 7) is 3.72. The SMILES string of the molecule is C=CCCCCCCCc1ncc[nH]1. The van der Waals surface area contributed by atoms with Gasteiger partial charge >= 0.3 is 0 Å². The fourth-order valence-electron chi connectivity index (χ4n) is 1.55. The highest BCUT2D eigenvalue weighted by molar-refractivity contribution is 4.86. The molecule has 1 rings (SSSR count). The molecule has 0 spiro atoms. The van der Waals surface area contributed by atoms with Crippen molar-refractivity contribution in [2.45, 2.75) is 44.9 Å². The Labute approximate surface area is 86.5 Å². The van der Waals surface area contributed by atoms with Crippen molar-refractivity contribution in [3.63, 3.8) is 0 Å². The fourth-order valence-corrected chi connectivity index (χ4v) is 1.55. The van der Waals surface area contributed by atoms with Crippen LogP contribution in [0.25, 0.3) is 0 Å². The van der Waals surface area contributed by atoms with E-state index < -0.39 is 0 Å². The second kappa shape index (κ2) is 7.36.